The molecule has 1 heterocycles. The second-order valence-corrected chi connectivity index (χ2v) is 21.9. The molecular formula is C24H37NO2Sn. The molecule has 0 saturated carbocycles. The van der Waals surface area contributed by atoms with Crippen LogP contribution in [0.15, 0.2) is 36.4 Å². The summed E-state index contributed by atoms with van der Waals surface area (Å²) < 4.78 is 3.85. The van der Waals surface area contributed by atoms with Gasteiger partial charge in [-0.25, -0.2) is 0 Å². The van der Waals surface area contributed by atoms with E-state index in [0.29, 0.717) is 11.1 Å². The maximum absolute atomic E-state index is 13.3. The molecule has 0 N–H and O–H groups in total. The first-order valence-electron chi connectivity index (χ1n) is 11.2. The molecule has 0 aliphatic carbocycles. The van der Waals surface area contributed by atoms with Crippen LogP contribution in [0.25, 0.3) is 0 Å². The zero-order chi connectivity index (χ0) is 20.6. The van der Waals surface area contributed by atoms with Gasteiger partial charge in [0.05, 0.1) is 0 Å². The van der Waals surface area contributed by atoms with Crippen LogP contribution < -0.4 is 0 Å². The molecule has 0 bridgehead atoms. The summed E-state index contributed by atoms with van der Waals surface area (Å²) in [5.41, 5.74) is 1.17. The molecule has 1 unspecified atom stereocenters. The van der Waals surface area contributed by atoms with Crippen molar-refractivity contribution in [3.8, 4) is 0 Å². The van der Waals surface area contributed by atoms with Crippen LogP contribution in [-0.4, -0.2) is 39.1 Å². The van der Waals surface area contributed by atoms with E-state index in [1.807, 2.05) is 31.2 Å². The van der Waals surface area contributed by atoms with Gasteiger partial charge in [-0.15, -0.1) is 0 Å². The standard InChI is InChI=1S/C12H10NO2.3C4H9.Sn/c1-2-3-8-13-11(14)9-6-4-5-7-10(9)12(13)15;3*1-3-4-2;/h2-8H,1H3;3*1,3-4H2,2H3;/b3-2-;;;;. The fourth-order valence-electron chi connectivity index (χ4n) is 4.61. The number of amides is 2. The first-order valence-corrected chi connectivity index (χ1v) is 18.9. The number of hydrogen-bond acceptors (Lipinski definition) is 2. The van der Waals surface area contributed by atoms with Gasteiger partial charge in [0, 0.05) is 0 Å². The predicted molar refractivity (Wildman–Crippen MR) is 120 cm³/mol. The van der Waals surface area contributed by atoms with Gasteiger partial charge in [0.25, 0.3) is 0 Å². The molecular weight excluding hydrogens is 453 g/mol. The molecule has 0 saturated heterocycles. The average Bonchev–Trinajstić information content (AvgIpc) is 2.97. The van der Waals surface area contributed by atoms with Gasteiger partial charge in [-0.05, 0) is 0 Å². The van der Waals surface area contributed by atoms with Gasteiger partial charge in [-0.3, -0.25) is 0 Å². The fraction of sp³-hybridized carbons (Fsp3) is 0.583. The number of nitrogens with zero attached hydrogens (tertiary/aromatic N) is 1. The van der Waals surface area contributed by atoms with Crippen LogP contribution in [-0.2, 0) is 0 Å². The second-order valence-electron chi connectivity index (χ2n) is 8.17. The van der Waals surface area contributed by atoms with E-state index < -0.39 is 18.4 Å². The van der Waals surface area contributed by atoms with Crippen molar-refractivity contribution in [1.29, 1.82) is 0 Å². The van der Waals surface area contributed by atoms with Crippen LogP contribution in [0.4, 0.5) is 0 Å². The van der Waals surface area contributed by atoms with Crippen molar-refractivity contribution in [3.63, 3.8) is 0 Å². The van der Waals surface area contributed by atoms with E-state index >= 15 is 0 Å². The van der Waals surface area contributed by atoms with Gasteiger partial charge in [0.2, 0.25) is 0 Å². The number of hydrogen-bond donors (Lipinski definition) is 0. The third-order valence-corrected chi connectivity index (χ3v) is 22.6. The summed E-state index contributed by atoms with van der Waals surface area (Å²) in [5.74, 6) is -0.149. The minimum atomic E-state index is -2.85. The number of fused-ring (bicyclic) bond motifs is 1. The number of imide groups is 1. The predicted octanol–water partition coefficient (Wildman–Crippen LogP) is 6.62. The van der Waals surface area contributed by atoms with Crippen LogP contribution >= 0.6 is 0 Å². The van der Waals surface area contributed by atoms with Crippen molar-refractivity contribution in [2.45, 2.75) is 83.6 Å². The van der Waals surface area contributed by atoms with Crippen LogP contribution in [0, 0.1) is 0 Å². The summed E-state index contributed by atoms with van der Waals surface area (Å²) in [6.45, 7) is 8.79. The molecule has 1 aliphatic rings. The molecule has 28 heavy (non-hydrogen) atoms. The zero-order valence-corrected chi connectivity index (χ0v) is 21.0. The summed E-state index contributed by atoms with van der Waals surface area (Å²) in [6, 6.07) is 7.34. The summed E-state index contributed by atoms with van der Waals surface area (Å²) in [5, 5.41) is 0. The molecule has 0 radical (unpaired) electrons. The van der Waals surface area contributed by atoms with E-state index in [0.717, 1.165) is 0 Å². The molecule has 2 amide bonds. The Labute approximate surface area is 175 Å². The Morgan fingerprint density at radius 1 is 0.857 bits per heavy atom. The maximum atomic E-state index is 13.3. The third kappa shape index (κ3) is 4.90. The third-order valence-electron chi connectivity index (χ3n) is 6.19. The SMILES string of the molecule is C/C=C\[CH](N1C(=O)c2ccccc2C1=O)[Sn]([CH2]CCC)([CH2]CCC)[CH2]CCC. The van der Waals surface area contributed by atoms with Gasteiger partial charge in [-0.1, -0.05) is 0 Å². The number of unbranched alkanes of at least 4 members (excludes halogenated alkanes) is 3. The molecule has 0 aromatic heterocycles. The molecule has 0 fully saturated rings. The van der Waals surface area contributed by atoms with E-state index in [1.54, 1.807) is 4.90 Å². The van der Waals surface area contributed by atoms with Crippen molar-refractivity contribution in [2.24, 2.45) is 0 Å². The van der Waals surface area contributed by atoms with E-state index in [-0.39, 0.29) is 15.9 Å². The number of allylic oxidation sites excluding steroid dienone is 1. The van der Waals surface area contributed by atoms with Crippen molar-refractivity contribution in [1.82, 2.24) is 4.90 Å². The van der Waals surface area contributed by atoms with E-state index in [2.05, 4.69) is 32.9 Å². The second kappa shape index (κ2) is 11.2. The molecule has 3 nitrogen and oxygen atoms in total. The Morgan fingerprint density at radius 2 is 1.29 bits per heavy atom. The topological polar surface area (TPSA) is 37.4 Å². The number of carbonyl (C=O) groups excluding carboxylic acids is 2. The van der Waals surface area contributed by atoms with E-state index in [9.17, 15) is 9.59 Å². The molecule has 0 spiro atoms. The molecule has 1 atom stereocenters. The summed E-state index contributed by atoms with van der Waals surface area (Å²) in [6.07, 6.45) is 11.5. The summed E-state index contributed by atoms with van der Waals surface area (Å²) in [7, 11) is 0. The Bertz CT molecular complexity index is 641. The number of rotatable bonds is 12. The van der Waals surface area contributed by atoms with Crippen LogP contribution in [0.2, 0.25) is 13.3 Å². The van der Waals surface area contributed by atoms with Gasteiger partial charge in [-0.2, -0.15) is 0 Å². The number of benzene rings is 1. The molecule has 1 aliphatic heterocycles. The first-order chi connectivity index (χ1) is 13.6. The monoisotopic (exact) mass is 491 g/mol. The minimum absolute atomic E-state index is 0.0383. The fourth-order valence-corrected chi connectivity index (χ4v) is 22.3. The van der Waals surface area contributed by atoms with Crippen LogP contribution in [0.1, 0.15) is 86.9 Å². The zero-order valence-electron chi connectivity index (χ0n) is 18.2. The Balaban J connectivity index is 2.51. The van der Waals surface area contributed by atoms with Crippen molar-refractivity contribution in [2.75, 3.05) is 0 Å². The van der Waals surface area contributed by atoms with Gasteiger partial charge in [0.1, 0.15) is 0 Å². The first kappa shape index (κ1) is 23.2. The van der Waals surface area contributed by atoms with Gasteiger partial charge in [0.15, 0.2) is 0 Å². The van der Waals surface area contributed by atoms with Crippen LogP contribution in [0.3, 0.4) is 0 Å². The van der Waals surface area contributed by atoms with Crippen molar-refractivity contribution in [3.05, 3.63) is 47.5 Å². The molecule has 154 valence electrons. The van der Waals surface area contributed by atoms with Gasteiger partial charge >= 0.3 is 176 Å². The average molecular weight is 490 g/mol. The van der Waals surface area contributed by atoms with Crippen LogP contribution in [0.5, 0.6) is 0 Å². The quantitative estimate of drug-likeness (QED) is 0.188. The van der Waals surface area contributed by atoms with E-state index in [1.165, 1.54) is 51.8 Å². The Morgan fingerprint density at radius 3 is 1.64 bits per heavy atom. The van der Waals surface area contributed by atoms with Crippen molar-refractivity contribution >= 4 is 30.2 Å². The molecule has 4 heteroatoms. The molecule has 1 aromatic carbocycles. The van der Waals surface area contributed by atoms with E-state index in [4.69, 9.17) is 0 Å². The van der Waals surface area contributed by atoms with Gasteiger partial charge < -0.3 is 0 Å². The normalized spacial score (nSPS) is 15.5. The molecule has 1 aromatic rings. The summed E-state index contributed by atoms with van der Waals surface area (Å²) >= 11 is -2.85. The Hall–Kier alpha value is -1.10. The Kier molecular flexibility index (Phi) is 9.25. The molecule has 2 rings (SSSR count). The number of carbonyl (C=O) groups is 2. The summed E-state index contributed by atoms with van der Waals surface area (Å²) in [4.78, 5) is 28.3. The van der Waals surface area contributed by atoms with Crippen molar-refractivity contribution < 1.29 is 9.59 Å².